The predicted molar refractivity (Wildman–Crippen MR) is 103 cm³/mol. The van der Waals surface area contributed by atoms with Crippen molar-refractivity contribution in [2.75, 3.05) is 5.32 Å². The average molecular weight is 430 g/mol. The standard InChI is InChI=1S/C19H22F4N4OS/c1-11-15(17(20)21)26-27(10-12-5-7-19(22,23)8-6-12)16(11)18(28)25-13-3-2-4-14(9-13)29-24/h2-4,9,12,17H,5-8,10,24H2,1H3,(H,25,28). The Morgan fingerprint density at radius 2 is 2.07 bits per heavy atom. The summed E-state index contributed by atoms with van der Waals surface area (Å²) < 4.78 is 54.8. The van der Waals surface area contributed by atoms with Gasteiger partial charge in [0, 0.05) is 35.5 Å². The lowest BCUT2D eigenvalue weighted by molar-refractivity contribution is -0.0477. The molecule has 1 saturated carbocycles. The van der Waals surface area contributed by atoms with Crippen molar-refractivity contribution < 1.29 is 22.4 Å². The lowest BCUT2D eigenvalue weighted by atomic mass is 9.87. The van der Waals surface area contributed by atoms with Gasteiger partial charge in [0.15, 0.2) is 0 Å². The summed E-state index contributed by atoms with van der Waals surface area (Å²) in [5, 5.41) is 12.1. The van der Waals surface area contributed by atoms with Gasteiger partial charge in [-0.2, -0.15) is 5.10 Å². The number of anilines is 1. The fraction of sp³-hybridized carbons (Fsp3) is 0.474. The number of carbonyl (C=O) groups excluding carboxylic acids is 1. The molecular weight excluding hydrogens is 408 g/mol. The minimum absolute atomic E-state index is 0.0171. The first kappa shape index (κ1) is 21.6. The fourth-order valence-electron chi connectivity index (χ4n) is 3.56. The van der Waals surface area contributed by atoms with Crippen molar-refractivity contribution >= 4 is 23.5 Å². The third kappa shape index (κ3) is 5.11. The van der Waals surface area contributed by atoms with Crippen molar-refractivity contribution in [2.24, 2.45) is 11.1 Å². The summed E-state index contributed by atoms with van der Waals surface area (Å²) in [5.41, 5.74) is 0.0995. The Balaban J connectivity index is 1.85. The molecule has 29 heavy (non-hydrogen) atoms. The topological polar surface area (TPSA) is 72.9 Å². The number of carbonyl (C=O) groups is 1. The smallest absolute Gasteiger partial charge is 0.282 e. The van der Waals surface area contributed by atoms with Crippen molar-refractivity contribution in [3.8, 4) is 0 Å². The molecule has 1 heterocycles. The molecule has 10 heteroatoms. The molecule has 0 spiro atoms. The van der Waals surface area contributed by atoms with Crippen LogP contribution in [0.2, 0.25) is 0 Å². The summed E-state index contributed by atoms with van der Waals surface area (Å²) in [6.07, 6.45) is -2.81. The number of benzene rings is 1. The molecule has 158 valence electrons. The highest BCUT2D eigenvalue weighted by Gasteiger charge is 2.36. The van der Waals surface area contributed by atoms with Gasteiger partial charge in [-0.1, -0.05) is 6.07 Å². The zero-order valence-electron chi connectivity index (χ0n) is 15.8. The van der Waals surface area contributed by atoms with E-state index in [1.165, 1.54) is 11.6 Å². The van der Waals surface area contributed by atoms with Crippen molar-refractivity contribution in [1.29, 1.82) is 0 Å². The van der Waals surface area contributed by atoms with E-state index in [0.717, 1.165) is 16.8 Å². The van der Waals surface area contributed by atoms with Gasteiger partial charge in [-0.05, 0) is 55.8 Å². The first-order chi connectivity index (χ1) is 13.7. The Labute approximate surface area is 170 Å². The fourth-order valence-corrected chi connectivity index (χ4v) is 3.91. The molecule has 0 saturated heterocycles. The summed E-state index contributed by atoms with van der Waals surface area (Å²) in [5.74, 6) is -3.41. The zero-order valence-corrected chi connectivity index (χ0v) is 16.6. The molecule has 3 rings (SSSR count). The molecule has 1 aromatic carbocycles. The number of nitrogens with zero attached hydrogens (tertiary/aromatic N) is 2. The minimum Gasteiger partial charge on any atom is -0.321 e. The second-order valence-corrected chi connectivity index (χ2v) is 7.95. The van der Waals surface area contributed by atoms with Crippen LogP contribution in [0.3, 0.4) is 0 Å². The minimum atomic E-state index is -2.84. The molecule has 1 aromatic heterocycles. The molecule has 0 aliphatic heterocycles. The van der Waals surface area contributed by atoms with E-state index in [4.69, 9.17) is 5.14 Å². The number of halogens is 4. The van der Waals surface area contributed by atoms with E-state index < -0.39 is 23.9 Å². The largest absolute Gasteiger partial charge is 0.321 e. The maximum atomic E-state index is 13.4. The van der Waals surface area contributed by atoms with Crippen molar-refractivity contribution in [3.63, 3.8) is 0 Å². The first-order valence-electron chi connectivity index (χ1n) is 9.21. The quantitative estimate of drug-likeness (QED) is 0.490. The number of nitrogens with two attached hydrogens (primary N) is 1. The molecule has 2 aromatic rings. The highest BCUT2D eigenvalue weighted by atomic mass is 32.2. The molecule has 0 atom stereocenters. The van der Waals surface area contributed by atoms with Gasteiger partial charge in [0.05, 0.1) is 0 Å². The van der Waals surface area contributed by atoms with Crippen LogP contribution >= 0.6 is 11.9 Å². The van der Waals surface area contributed by atoms with Crippen LogP contribution in [0.15, 0.2) is 29.2 Å². The summed E-state index contributed by atoms with van der Waals surface area (Å²) in [6, 6.07) is 6.80. The molecule has 1 amide bonds. The van der Waals surface area contributed by atoms with Crippen molar-refractivity contribution in [1.82, 2.24) is 9.78 Å². The Kier molecular flexibility index (Phi) is 6.52. The monoisotopic (exact) mass is 430 g/mol. The Morgan fingerprint density at radius 1 is 1.38 bits per heavy atom. The number of nitrogens with one attached hydrogen (secondary N) is 1. The van der Waals surface area contributed by atoms with E-state index in [9.17, 15) is 22.4 Å². The highest BCUT2D eigenvalue weighted by Crippen LogP contribution is 2.37. The van der Waals surface area contributed by atoms with Gasteiger partial charge >= 0.3 is 0 Å². The van der Waals surface area contributed by atoms with Crippen molar-refractivity contribution in [2.45, 2.75) is 56.4 Å². The van der Waals surface area contributed by atoms with Crippen LogP contribution in [0.5, 0.6) is 0 Å². The van der Waals surface area contributed by atoms with E-state index >= 15 is 0 Å². The van der Waals surface area contributed by atoms with Gasteiger partial charge in [0.2, 0.25) is 5.92 Å². The number of aromatic nitrogens is 2. The summed E-state index contributed by atoms with van der Waals surface area (Å²) in [6.45, 7) is 1.56. The second kappa shape index (κ2) is 8.74. The van der Waals surface area contributed by atoms with Gasteiger partial charge in [-0.25, -0.2) is 17.6 Å². The molecule has 1 aliphatic rings. The number of rotatable bonds is 6. The third-order valence-electron chi connectivity index (χ3n) is 5.14. The Bertz CT molecular complexity index is 877. The molecule has 5 nitrogen and oxygen atoms in total. The lowest BCUT2D eigenvalue weighted by Crippen LogP contribution is -2.28. The normalized spacial score (nSPS) is 16.9. The lowest BCUT2D eigenvalue weighted by Gasteiger charge is -2.28. The molecule has 3 N–H and O–H groups in total. The average Bonchev–Trinajstić information content (AvgIpc) is 3.00. The van der Waals surface area contributed by atoms with E-state index in [-0.39, 0.29) is 49.4 Å². The zero-order chi connectivity index (χ0) is 21.2. The number of alkyl halides is 4. The molecule has 0 bridgehead atoms. The van der Waals surface area contributed by atoms with Gasteiger partial charge in [0.25, 0.3) is 12.3 Å². The highest BCUT2D eigenvalue weighted by molar-refractivity contribution is 7.97. The van der Waals surface area contributed by atoms with Crippen LogP contribution in [0.1, 0.15) is 53.9 Å². The SMILES string of the molecule is Cc1c(C(F)F)nn(CC2CCC(F)(F)CC2)c1C(=O)Nc1cccc(SN)c1. The molecule has 1 aliphatic carbocycles. The second-order valence-electron chi connectivity index (χ2n) is 7.24. The van der Waals surface area contributed by atoms with E-state index in [1.807, 2.05) is 0 Å². The summed E-state index contributed by atoms with van der Waals surface area (Å²) >= 11 is 1.01. The number of hydrogen-bond donors (Lipinski definition) is 2. The van der Waals surface area contributed by atoms with Crippen LogP contribution < -0.4 is 10.5 Å². The van der Waals surface area contributed by atoms with Gasteiger partial charge in [-0.15, -0.1) is 0 Å². The van der Waals surface area contributed by atoms with Crippen LogP contribution in [0.4, 0.5) is 23.2 Å². The van der Waals surface area contributed by atoms with Crippen LogP contribution in [-0.4, -0.2) is 21.6 Å². The Hall–Kier alpha value is -2.07. The van der Waals surface area contributed by atoms with Crippen LogP contribution in [0.25, 0.3) is 0 Å². The van der Waals surface area contributed by atoms with E-state index in [2.05, 4.69) is 10.4 Å². The molecular formula is C19H22F4N4OS. The maximum absolute atomic E-state index is 13.4. The first-order valence-corrected chi connectivity index (χ1v) is 10.1. The molecule has 0 unspecified atom stereocenters. The van der Waals surface area contributed by atoms with E-state index in [0.29, 0.717) is 5.69 Å². The Morgan fingerprint density at radius 3 is 2.69 bits per heavy atom. The van der Waals surface area contributed by atoms with Gasteiger partial charge in [-0.3, -0.25) is 14.6 Å². The maximum Gasteiger partial charge on any atom is 0.282 e. The summed E-state index contributed by atoms with van der Waals surface area (Å²) in [7, 11) is 0. The summed E-state index contributed by atoms with van der Waals surface area (Å²) in [4.78, 5) is 13.6. The molecule has 1 fully saturated rings. The third-order valence-corrected chi connectivity index (χ3v) is 5.67. The van der Waals surface area contributed by atoms with Crippen molar-refractivity contribution in [3.05, 3.63) is 41.2 Å². The molecule has 0 radical (unpaired) electrons. The predicted octanol–water partition coefficient (Wildman–Crippen LogP) is 5.17. The number of amides is 1. The number of hydrogen-bond acceptors (Lipinski definition) is 4. The van der Waals surface area contributed by atoms with Gasteiger partial charge < -0.3 is 5.32 Å². The van der Waals surface area contributed by atoms with Crippen LogP contribution in [-0.2, 0) is 6.54 Å². The van der Waals surface area contributed by atoms with Crippen LogP contribution in [0, 0.1) is 12.8 Å². The van der Waals surface area contributed by atoms with E-state index in [1.54, 1.807) is 24.3 Å². The van der Waals surface area contributed by atoms with Gasteiger partial charge in [0.1, 0.15) is 11.4 Å².